The van der Waals surface area contributed by atoms with Crippen LogP contribution >= 0.6 is 11.3 Å². The van der Waals surface area contributed by atoms with Gasteiger partial charge in [0.05, 0.1) is 12.0 Å². The molecule has 2 heterocycles. The summed E-state index contributed by atoms with van der Waals surface area (Å²) in [6.45, 7) is 5.42. The van der Waals surface area contributed by atoms with E-state index in [-0.39, 0.29) is 18.1 Å². The Kier molecular flexibility index (Phi) is 6.69. The van der Waals surface area contributed by atoms with Gasteiger partial charge in [-0.25, -0.2) is 4.39 Å². The fourth-order valence-corrected chi connectivity index (χ4v) is 5.49. The maximum absolute atomic E-state index is 13.7. The normalized spacial score (nSPS) is 15.8. The van der Waals surface area contributed by atoms with Crippen LogP contribution < -0.4 is 5.32 Å². The predicted molar refractivity (Wildman–Crippen MR) is 126 cm³/mol. The minimum Gasteiger partial charge on any atom is -0.316 e. The van der Waals surface area contributed by atoms with E-state index < -0.39 is 0 Å². The summed E-state index contributed by atoms with van der Waals surface area (Å²) in [4.78, 5) is 16.1. The number of rotatable bonds is 6. The van der Waals surface area contributed by atoms with Crippen molar-refractivity contribution >= 4 is 22.2 Å². The third kappa shape index (κ3) is 4.90. The zero-order valence-corrected chi connectivity index (χ0v) is 19.1. The molecule has 1 aromatic heterocycles. The third-order valence-electron chi connectivity index (χ3n) is 5.99. The largest absolute Gasteiger partial charge is 0.316 e. The number of hydrogen-bond acceptors (Lipinski definition) is 4. The number of anilines is 1. The summed E-state index contributed by atoms with van der Waals surface area (Å²) in [5, 5.41) is 13.5. The molecule has 1 N–H and O–H groups in total. The predicted octanol–water partition coefficient (Wildman–Crippen LogP) is 5.59. The van der Waals surface area contributed by atoms with Crippen molar-refractivity contribution in [3.63, 3.8) is 0 Å². The van der Waals surface area contributed by atoms with Crippen LogP contribution in [-0.4, -0.2) is 16.8 Å². The van der Waals surface area contributed by atoms with Crippen molar-refractivity contribution in [3.8, 4) is 6.07 Å². The molecule has 0 fully saturated rings. The van der Waals surface area contributed by atoms with Crippen LogP contribution in [0.3, 0.4) is 0 Å². The van der Waals surface area contributed by atoms with E-state index in [2.05, 4.69) is 23.2 Å². The second kappa shape index (κ2) is 9.64. The van der Waals surface area contributed by atoms with E-state index in [1.807, 2.05) is 37.3 Å². The lowest BCUT2D eigenvalue weighted by Gasteiger charge is -2.35. The summed E-state index contributed by atoms with van der Waals surface area (Å²) in [6, 6.07) is 17.2. The molecule has 1 aliphatic rings. The van der Waals surface area contributed by atoms with Crippen molar-refractivity contribution in [1.82, 2.24) is 4.90 Å². The highest BCUT2D eigenvalue weighted by Crippen LogP contribution is 2.39. The first-order chi connectivity index (χ1) is 15.5. The lowest BCUT2D eigenvalue weighted by molar-refractivity contribution is -0.115. The Labute approximate surface area is 192 Å². The van der Waals surface area contributed by atoms with Crippen LogP contribution in [0.15, 0.2) is 48.5 Å². The van der Waals surface area contributed by atoms with Crippen LogP contribution in [0.5, 0.6) is 0 Å². The Morgan fingerprint density at radius 2 is 2.03 bits per heavy atom. The quantitative estimate of drug-likeness (QED) is 0.536. The maximum atomic E-state index is 13.7. The first-order valence-corrected chi connectivity index (χ1v) is 11.7. The Balaban J connectivity index is 1.53. The number of nitrogens with one attached hydrogen (secondary N) is 1. The number of halogens is 1. The number of nitrogens with zero attached hydrogens (tertiary/aromatic N) is 2. The number of amides is 1. The molecule has 164 valence electrons. The fourth-order valence-electron chi connectivity index (χ4n) is 4.25. The standard InChI is InChI=1S/C26H26FN3OS/c1-3-21-13-24-23(16-30(21)15-19-5-4-6-20(27)11-19)22(14-28)26(32-24)29-25(31)12-18-9-7-17(2)8-10-18/h4-11,21H,3,12-13,15-16H2,1-2H3,(H,29,31). The van der Waals surface area contributed by atoms with Crippen molar-refractivity contribution in [1.29, 1.82) is 5.26 Å². The highest BCUT2D eigenvalue weighted by molar-refractivity contribution is 7.16. The molecular weight excluding hydrogens is 421 g/mol. The maximum Gasteiger partial charge on any atom is 0.229 e. The van der Waals surface area contributed by atoms with Gasteiger partial charge >= 0.3 is 0 Å². The van der Waals surface area contributed by atoms with Gasteiger partial charge in [0.1, 0.15) is 16.9 Å². The summed E-state index contributed by atoms with van der Waals surface area (Å²) in [5.74, 6) is -0.354. The summed E-state index contributed by atoms with van der Waals surface area (Å²) in [5.41, 5.74) is 4.57. The van der Waals surface area contributed by atoms with Gasteiger partial charge in [0.25, 0.3) is 0 Å². The van der Waals surface area contributed by atoms with Gasteiger partial charge in [-0.2, -0.15) is 5.26 Å². The number of hydrogen-bond donors (Lipinski definition) is 1. The zero-order valence-electron chi connectivity index (χ0n) is 18.3. The minimum absolute atomic E-state index is 0.118. The van der Waals surface area contributed by atoms with E-state index in [9.17, 15) is 14.4 Å². The molecule has 0 radical (unpaired) electrons. The van der Waals surface area contributed by atoms with Crippen LogP contribution in [0.2, 0.25) is 0 Å². The van der Waals surface area contributed by atoms with Crippen LogP contribution in [-0.2, 0) is 30.7 Å². The molecule has 0 spiro atoms. The van der Waals surface area contributed by atoms with Gasteiger partial charge in [-0.05, 0) is 43.0 Å². The smallest absolute Gasteiger partial charge is 0.229 e. The molecular formula is C26H26FN3OS. The first kappa shape index (κ1) is 22.2. The molecule has 4 nitrogen and oxygen atoms in total. The van der Waals surface area contributed by atoms with Crippen LogP contribution in [0.25, 0.3) is 0 Å². The van der Waals surface area contributed by atoms with Crippen LogP contribution in [0, 0.1) is 24.1 Å². The number of thiophene rings is 1. The number of carbonyl (C=O) groups is 1. The summed E-state index contributed by atoms with van der Waals surface area (Å²) < 4.78 is 13.7. The third-order valence-corrected chi connectivity index (χ3v) is 7.16. The lowest BCUT2D eigenvalue weighted by atomic mass is 9.96. The van der Waals surface area contributed by atoms with E-state index >= 15 is 0 Å². The van der Waals surface area contributed by atoms with Crippen LogP contribution in [0.4, 0.5) is 9.39 Å². The molecule has 0 saturated carbocycles. The molecule has 1 unspecified atom stereocenters. The van der Waals surface area contributed by atoms with Gasteiger partial charge in [-0.3, -0.25) is 9.69 Å². The molecule has 4 rings (SSSR count). The second-order valence-electron chi connectivity index (χ2n) is 8.33. The zero-order chi connectivity index (χ0) is 22.7. The number of fused-ring (bicyclic) bond motifs is 1. The molecule has 1 amide bonds. The molecule has 0 bridgehead atoms. The molecule has 3 aromatic rings. The first-order valence-electron chi connectivity index (χ1n) is 10.8. The SMILES string of the molecule is CCC1Cc2sc(NC(=O)Cc3ccc(C)cc3)c(C#N)c2CN1Cc1cccc(F)c1. The number of benzene rings is 2. The van der Waals surface area contributed by atoms with Gasteiger partial charge in [0, 0.05) is 29.6 Å². The van der Waals surface area contributed by atoms with E-state index in [0.717, 1.165) is 40.0 Å². The van der Waals surface area contributed by atoms with E-state index in [4.69, 9.17) is 0 Å². The Bertz CT molecular complexity index is 1160. The molecule has 2 aromatic carbocycles. The van der Waals surface area contributed by atoms with E-state index in [1.54, 1.807) is 12.1 Å². The van der Waals surface area contributed by atoms with Gasteiger partial charge < -0.3 is 5.32 Å². The lowest BCUT2D eigenvalue weighted by Crippen LogP contribution is -2.39. The van der Waals surface area contributed by atoms with Crippen molar-refractivity contribution in [2.75, 3.05) is 5.32 Å². The second-order valence-corrected chi connectivity index (χ2v) is 9.44. The van der Waals surface area contributed by atoms with Gasteiger partial charge in [0.2, 0.25) is 5.91 Å². The number of carbonyl (C=O) groups excluding carboxylic acids is 1. The average molecular weight is 448 g/mol. The fraction of sp³-hybridized carbons (Fsp3) is 0.308. The number of nitriles is 1. The van der Waals surface area contributed by atoms with E-state index in [0.29, 0.717) is 29.7 Å². The molecule has 32 heavy (non-hydrogen) atoms. The van der Waals surface area contributed by atoms with Gasteiger partial charge in [-0.15, -0.1) is 11.3 Å². The van der Waals surface area contributed by atoms with Gasteiger partial charge in [-0.1, -0.05) is 48.9 Å². The Hall–Kier alpha value is -3.01. The van der Waals surface area contributed by atoms with Gasteiger partial charge in [0.15, 0.2) is 0 Å². The average Bonchev–Trinajstić information content (AvgIpc) is 3.10. The highest BCUT2D eigenvalue weighted by Gasteiger charge is 2.30. The topological polar surface area (TPSA) is 56.1 Å². The van der Waals surface area contributed by atoms with Crippen molar-refractivity contribution in [2.24, 2.45) is 0 Å². The van der Waals surface area contributed by atoms with Crippen molar-refractivity contribution < 1.29 is 9.18 Å². The molecule has 0 saturated heterocycles. The monoisotopic (exact) mass is 447 g/mol. The van der Waals surface area contributed by atoms with Crippen molar-refractivity contribution in [3.05, 3.63) is 87.0 Å². The molecule has 6 heteroatoms. The minimum atomic E-state index is -0.236. The molecule has 1 atom stereocenters. The Morgan fingerprint density at radius 1 is 1.25 bits per heavy atom. The highest BCUT2D eigenvalue weighted by atomic mass is 32.1. The molecule has 1 aliphatic heterocycles. The summed E-state index contributed by atoms with van der Waals surface area (Å²) in [6.07, 6.45) is 2.06. The van der Waals surface area contributed by atoms with Crippen molar-refractivity contribution in [2.45, 2.75) is 52.2 Å². The number of aryl methyl sites for hydroxylation is 1. The Morgan fingerprint density at radius 3 is 2.72 bits per heavy atom. The summed E-state index contributed by atoms with van der Waals surface area (Å²) in [7, 11) is 0. The van der Waals surface area contributed by atoms with E-state index in [1.165, 1.54) is 17.4 Å². The van der Waals surface area contributed by atoms with Crippen LogP contribution in [0.1, 0.15) is 46.0 Å². The summed E-state index contributed by atoms with van der Waals surface area (Å²) >= 11 is 1.52. The molecule has 0 aliphatic carbocycles.